The number of hydrogen-bond acceptors (Lipinski definition) is 4. The van der Waals surface area contributed by atoms with Crippen LogP contribution >= 0.6 is 0 Å². The molecule has 4 nitrogen and oxygen atoms in total. The number of aromatic nitrogens is 2. The van der Waals surface area contributed by atoms with E-state index in [1.807, 2.05) is 19.3 Å². The standard InChI is InChI=1S/C17H30N4/c1-12(2)15-9-20-16(17(4,5)6)11-21(15)10-14-8-18-13(3)7-19-14/h7-8,12,15-16,20H,9-11H2,1-6H3. The summed E-state index contributed by atoms with van der Waals surface area (Å²) in [7, 11) is 0. The Morgan fingerprint density at radius 3 is 2.52 bits per heavy atom. The molecule has 1 fully saturated rings. The van der Waals surface area contributed by atoms with E-state index < -0.39 is 0 Å². The van der Waals surface area contributed by atoms with Crippen molar-refractivity contribution in [2.45, 2.75) is 60.2 Å². The number of hydrogen-bond donors (Lipinski definition) is 1. The quantitative estimate of drug-likeness (QED) is 0.929. The average molecular weight is 290 g/mol. The lowest BCUT2D eigenvalue weighted by Gasteiger charge is -2.46. The van der Waals surface area contributed by atoms with Crippen LogP contribution in [-0.4, -0.2) is 40.0 Å². The molecule has 21 heavy (non-hydrogen) atoms. The van der Waals surface area contributed by atoms with E-state index in [0.717, 1.165) is 31.0 Å². The Balaban J connectivity index is 2.12. The minimum Gasteiger partial charge on any atom is -0.311 e. The smallest absolute Gasteiger partial charge is 0.0727 e. The van der Waals surface area contributed by atoms with Crippen molar-refractivity contribution in [2.75, 3.05) is 13.1 Å². The number of rotatable bonds is 3. The van der Waals surface area contributed by atoms with Crippen LogP contribution in [0.2, 0.25) is 0 Å². The van der Waals surface area contributed by atoms with Crippen molar-refractivity contribution in [1.82, 2.24) is 20.2 Å². The Kier molecular flexibility index (Phi) is 4.99. The predicted molar refractivity (Wildman–Crippen MR) is 87.1 cm³/mol. The molecule has 2 unspecified atom stereocenters. The molecule has 0 aliphatic carbocycles. The van der Waals surface area contributed by atoms with Crippen LogP contribution in [0.25, 0.3) is 0 Å². The van der Waals surface area contributed by atoms with Gasteiger partial charge in [-0.3, -0.25) is 14.9 Å². The molecule has 2 rings (SSSR count). The molecule has 0 radical (unpaired) electrons. The summed E-state index contributed by atoms with van der Waals surface area (Å²) < 4.78 is 0. The van der Waals surface area contributed by atoms with Gasteiger partial charge in [0, 0.05) is 44.1 Å². The zero-order chi connectivity index (χ0) is 15.6. The van der Waals surface area contributed by atoms with E-state index in [9.17, 15) is 0 Å². The Morgan fingerprint density at radius 1 is 1.29 bits per heavy atom. The SMILES string of the molecule is Cc1cnc(CN2CC(C(C)(C)C)NCC2C(C)C)cn1. The van der Waals surface area contributed by atoms with E-state index in [4.69, 9.17) is 0 Å². The van der Waals surface area contributed by atoms with Crippen molar-refractivity contribution in [3.05, 3.63) is 23.8 Å². The highest BCUT2D eigenvalue weighted by molar-refractivity contribution is 5.02. The van der Waals surface area contributed by atoms with Crippen LogP contribution < -0.4 is 5.32 Å². The predicted octanol–water partition coefficient (Wildman–Crippen LogP) is 2.63. The second-order valence-corrected chi connectivity index (χ2v) is 7.72. The first kappa shape index (κ1) is 16.4. The Bertz CT molecular complexity index is 447. The molecular formula is C17H30N4. The van der Waals surface area contributed by atoms with Gasteiger partial charge in [0.25, 0.3) is 0 Å². The molecule has 1 aromatic rings. The van der Waals surface area contributed by atoms with Gasteiger partial charge in [0.05, 0.1) is 11.4 Å². The zero-order valence-corrected chi connectivity index (χ0v) is 14.3. The Morgan fingerprint density at radius 2 is 2.00 bits per heavy atom. The number of nitrogens with zero attached hydrogens (tertiary/aromatic N) is 3. The fourth-order valence-corrected chi connectivity index (χ4v) is 2.95. The molecule has 0 aromatic carbocycles. The normalized spacial score (nSPS) is 24.5. The van der Waals surface area contributed by atoms with E-state index in [1.165, 1.54) is 0 Å². The maximum atomic E-state index is 4.53. The van der Waals surface area contributed by atoms with Gasteiger partial charge in [0.1, 0.15) is 0 Å². The van der Waals surface area contributed by atoms with Gasteiger partial charge in [-0.1, -0.05) is 34.6 Å². The van der Waals surface area contributed by atoms with E-state index >= 15 is 0 Å². The minimum atomic E-state index is 0.277. The monoisotopic (exact) mass is 290 g/mol. The van der Waals surface area contributed by atoms with Crippen LogP contribution in [0.3, 0.4) is 0 Å². The summed E-state index contributed by atoms with van der Waals surface area (Å²) in [6.45, 7) is 16.5. The maximum Gasteiger partial charge on any atom is 0.0727 e. The molecular weight excluding hydrogens is 260 g/mol. The van der Waals surface area contributed by atoms with Crippen LogP contribution in [0.1, 0.15) is 46.0 Å². The summed E-state index contributed by atoms with van der Waals surface area (Å²) in [6.07, 6.45) is 3.78. The van der Waals surface area contributed by atoms with Crippen molar-refractivity contribution < 1.29 is 0 Å². The van der Waals surface area contributed by atoms with Gasteiger partial charge in [0.15, 0.2) is 0 Å². The third-order valence-corrected chi connectivity index (χ3v) is 4.47. The second kappa shape index (κ2) is 6.41. The van der Waals surface area contributed by atoms with Crippen LogP contribution in [0.4, 0.5) is 0 Å². The van der Waals surface area contributed by atoms with Crippen molar-refractivity contribution >= 4 is 0 Å². The number of piperazine rings is 1. The van der Waals surface area contributed by atoms with E-state index in [0.29, 0.717) is 18.0 Å². The number of aryl methyl sites for hydroxylation is 1. The van der Waals surface area contributed by atoms with E-state index in [-0.39, 0.29) is 5.41 Å². The van der Waals surface area contributed by atoms with Crippen molar-refractivity contribution in [2.24, 2.45) is 11.3 Å². The third-order valence-electron chi connectivity index (χ3n) is 4.47. The topological polar surface area (TPSA) is 41.1 Å². The molecule has 2 atom stereocenters. The van der Waals surface area contributed by atoms with E-state index in [1.54, 1.807) is 0 Å². The summed E-state index contributed by atoms with van der Waals surface area (Å²) in [4.78, 5) is 11.5. The first-order valence-corrected chi connectivity index (χ1v) is 8.02. The molecule has 118 valence electrons. The van der Waals surface area contributed by atoms with Crippen LogP contribution in [0.5, 0.6) is 0 Å². The molecule has 1 saturated heterocycles. The highest BCUT2D eigenvalue weighted by Gasteiger charge is 2.35. The molecule has 1 aromatic heterocycles. The largest absolute Gasteiger partial charge is 0.311 e. The van der Waals surface area contributed by atoms with E-state index in [2.05, 4.69) is 54.8 Å². The van der Waals surface area contributed by atoms with Gasteiger partial charge < -0.3 is 5.32 Å². The van der Waals surface area contributed by atoms with Gasteiger partial charge in [0.2, 0.25) is 0 Å². The van der Waals surface area contributed by atoms with Gasteiger partial charge in [-0.15, -0.1) is 0 Å². The summed E-state index contributed by atoms with van der Waals surface area (Å²) in [5, 5.41) is 3.74. The Labute approximate surface area is 129 Å². The third kappa shape index (κ3) is 4.24. The van der Waals surface area contributed by atoms with Crippen LogP contribution in [0, 0.1) is 18.3 Å². The van der Waals surface area contributed by atoms with Crippen molar-refractivity contribution in [3.8, 4) is 0 Å². The lowest BCUT2D eigenvalue weighted by atomic mass is 9.83. The molecule has 0 bridgehead atoms. The van der Waals surface area contributed by atoms with Crippen molar-refractivity contribution in [3.63, 3.8) is 0 Å². The minimum absolute atomic E-state index is 0.277. The molecule has 1 aliphatic heterocycles. The van der Waals surface area contributed by atoms with Crippen molar-refractivity contribution in [1.29, 1.82) is 0 Å². The van der Waals surface area contributed by atoms with Gasteiger partial charge in [-0.05, 0) is 18.3 Å². The lowest BCUT2D eigenvalue weighted by molar-refractivity contribution is 0.0562. The Hall–Kier alpha value is -1.00. The molecule has 0 saturated carbocycles. The highest BCUT2D eigenvalue weighted by atomic mass is 15.2. The summed E-state index contributed by atoms with van der Waals surface area (Å²) in [5.74, 6) is 0.636. The van der Waals surface area contributed by atoms with Gasteiger partial charge in [-0.25, -0.2) is 0 Å². The highest BCUT2D eigenvalue weighted by Crippen LogP contribution is 2.26. The average Bonchev–Trinajstić information content (AvgIpc) is 2.40. The molecule has 1 N–H and O–H groups in total. The molecule has 4 heteroatoms. The van der Waals surface area contributed by atoms with Crippen LogP contribution in [0.15, 0.2) is 12.4 Å². The fourth-order valence-electron chi connectivity index (χ4n) is 2.95. The van der Waals surface area contributed by atoms with Gasteiger partial charge in [-0.2, -0.15) is 0 Å². The summed E-state index contributed by atoms with van der Waals surface area (Å²) >= 11 is 0. The molecule has 0 amide bonds. The maximum absolute atomic E-state index is 4.53. The fraction of sp³-hybridized carbons (Fsp3) is 0.765. The molecule has 2 heterocycles. The first-order valence-electron chi connectivity index (χ1n) is 8.02. The molecule has 1 aliphatic rings. The first-order chi connectivity index (χ1) is 9.77. The van der Waals surface area contributed by atoms with Gasteiger partial charge >= 0.3 is 0 Å². The van der Waals surface area contributed by atoms with Crippen LogP contribution in [-0.2, 0) is 6.54 Å². The summed E-state index contributed by atoms with van der Waals surface area (Å²) in [6, 6.07) is 1.08. The zero-order valence-electron chi connectivity index (χ0n) is 14.3. The summed E-state index contributed by atoms with van der Waals surface area (Å²) in [5.41, 5.74) is 2.33. The second-order valence-electron chi connectivity index (χ2n) is 7.72. The lowest BCUT2D eigenvalue weighted by Crippen LogP contribution is -2.61. The number of nitrogens with one attached hydrogen (secondary N) is 1. The molecule has 0 spiro atoms.